The van der Waals surface area contributed by atoms with Gasteiger partial charge in [0.25, 0.3) is 0 Å². The molecule has 0 heterocycles. The van der Waals surface area contributed by atoms with Gasteiger partial charge in [0.15, 0.2) is 0 Å². The standard InChI is InChI=1S/C10H23NO/c1-4-5-10(11)6-7-12-8-9(2)3/h9-10H,4-8,11H2,1-3H3. The number of nitrogens with two attached hydrogens (primary N) is 1. The summed E-state index contributed by atoms with van der Waals surface area (Å²) in [6, 6.07) is 0.335. The van der Waals surface area contributed by atoms with Crippen LogP contribution in [0.25, 0.3) is 0 Å². The molecule has 2 nitrogen and oxygen atoms in total. The predicted octanol–water partition coefficient (Wildman–Crippen LogP) is 2.18. The maximum Gasteiger partial charge on any atom is 0.0489 e. The lowest BCUT2D eigenvalue weighted by Gasteiger charge is -2.11. The first-order valence-corrected chi connectivity index (χ1v) is 5.00. The molecule has 0 spiro atoms. The zero-order valence-corrected chi connectivity index (χ0v) is 8.68. The monoisotopic (exact) mass is 173 g/mol. The second-order valence-corrected chi connectivity index (χ2v) is 3.81. The normalized spacial score (nSPS) is 13.8. The van der Waals surface area contributed by atoms with E-state index in [-0.39, 0.29) is 0 Å². The predicted molar refractivity (Wildman–Crippen MR) is 53.2 cm³/mol. The lowest BCUT2D eigenvalue weighted by atomic mass is 10.1. The van der Waals surface area contributed by atoms with Gasteiger partial charge < -0.3 is 10.5 Å². The molecule has 2 N–H and O–H groups in total. The van der Waals surface area contributed by atoms with Gasteiger partial charge in [0.1, 0.15) is 0 Å². The molecule has 0 radical (unpaired) electrons. The van der Waals surface area contributed by atoms with Crippen molar-refractivity contribution >= 4 is 0 Å². The summed E-state index contributed by atoms with van der Waals surface area (Å²) < 4.78 is 5.43. The highest BCUT2D eigenvalue weighted by molar-refractivity contribution is 4.58. The van der Waals surface area contributed by atoms with Gasteiger partial charge in [-0.25, -0.2) is 0 Å². The molecule has 0 rings (SSSR count). The van der Waals surface area contributed by atoms with E-state index in [0.29, 0.717) is 12.0 Å². The van der Waals surface area contributed by atoms with Crippen LogP contribution in [0, 0.1) is 5.92 Å². The van der Waals surface area contributed by atoms with Crippen molar-refractivity contribution in [2.24, 2.45) is 11.7 Å². The third kappa shape index (κ3) is 8.02. The first kappa shape index (κ1) is 11.9. The van der Waals surface area contributed by atoms with Crippen LogP contribution in [-0.4, -0.2) is 19.3 Å². The fraction of sp³-hybridized carbons (Fsp3) is 1.00. The van der Waals surface area contributed by atoms with E-state index in [1.807, 2.05) is 0 Å². The molecule has 74 valence electrons. The Hall–Kier alpha value is -0.0800. The third-order valence-electron chi connectivity index (χ3n) is 1.74. The van der Waals surface area contributed by atoms with Crippen LogP contribution >= 0.6 is 0 Å². The van der Waals surface area contributed by atoms with E-state index in [1.54, 1.807) is 0 Å². The smallest absolute Gasteiger partial charge is 0.0489 e. The Labute approximate surface area is 76.5 Å². The second-order valence-electron chi connectivity index (χ2n) is 3.81. The Balaban J connectivity index is 3.08. The summed E-state index contributed by atoms with van der Waals surface area (Å²) in [4.78, 5) is 0. The molecular formula is C10H23NO. The summed E-state index contributed by atoms with van der Waals surface area (Å²) in [6.07, 6.45) is 3.29. The van der Waals surface area contributed by atoms with Crippen LogP contribution in [0.1, 0.15) is 40.0 Å². The van der Waals surface area contributed by atoms with Crippen LogP contribution in [0.4, 0.5) is 0 Å². The Morgan fingerprint density at radius 2 is 1.92 bits per heavy atom. The van der Waals surface area contributed by atoms with E-state index in [9.17, 15) is 0 Å². The summed E-state index contributed by atoms with van der Waals surface area (Å²) in [5.74, 6) is 0.632. The van der Waals surface area contributed by atoms with Gasteiger partial charge in [0.05, 0.1) is 0 Å². The summed E-state index contributed by atoms with van der Waals surface area (Å²) in [7, 11) is 0. The highest BCUT2D eigenvalue weighted by Gasteiger charge is 2.00. The fourth-order valence-corrected chi connectivity index (χ4v) is 1.07. The minimum atomic E-state index is 0.335. The number of rotatable bonds is 7. The van der Waals surface area contributed by atoms with Gasteiger partial charge in [0, 0.05) is 19.3 Å². The molecule has 12 heavy (non-hydrogen) atoms. The van der Waals surface area contributed by atoms with Gasteiger partial charge in [0.2, 0.25) is 0 Å². The van der Waals surface area contributed by atoms with Crippen LogP contribution in [0.15, 0.2) is 0 Å². The molecule has 0 aliphatic rings. The van der Waals surface area contributed by atoms with Crippen molar-refractivity contribution in [1.29, 1.82) is 0 Å². The van der Waals surface area contributed by atoms with Crippen molar-refractivity contribution in [2.45, 2.75) is 46.1 Å². The van der Waals surface area contributed by atoms with Crippen molar-refractivity contribution in [3.8, 4) is 0 Å². The summed E-state index contributed by atoms with van der Waals surface area (Å²) in [6.45, 7) is 8.16. The second kappa shape index (κ2) is 7.56. The average molecular weight is 173 g/mol. The molecule has 0 aromatic heterocycles. The molecule has 0 aliphatic carbocycles. The van der Waals surface area contributed by atoms with Gasteiger partial charge in [-0.1, -0.05) is 27.2 Å². The van der Waals surface area contributed by atoms with E-state index in [0.717, 1.165) is 26.1 Å². The molecule has 2 heteroatoms. The van der Waals surface area contributed by atoms with Gasteiger partial charge in [-0.3, -0.25) is 0 Å². The lowest BCUT2D eigenvalue weighted by molar-refractivity contribution is 0.103. The van der Waals surface area contributed by atoms with E-state index < -0.39 is 0 Å². The van der Waals surface area contributed by atoms with Crippen LogP contribution in [0.3, 0.4) is 0 Å². The van der Waals surface area contributed by atoms with Crippen molar-refractivity contribution in [3.63, 3.8) is 0 Å². The zero-order valence-electron chi connectivity index (χ0n) is 8.68. The van der Waals surface area contributed by atoms with Gasteiger partial charge in [-0.2, -0.15) is 0 Å². The topological polar surface area (TPSA) is 35.2 Å². The first-order chi connectivity index (χ1) is 5.66. The van der Waals surface area contributed by atoms with Crippen molar-refractivity contribution in [1.82, 2.24) is 0 Å². The van der Waals surface area contributed by atoms with Crippen LogP contribution < -0.4 is 5.73 Å². The molecule has 1 unspecified atom stereocenters. The zero-order chi connectivity index (χ0) is 9.40. The fourth-order valence-electron chi connectivity index (χ4n) is 1.07. The Morgan fingerprint density at radius 1 is 1.25 bits per heavy atom. The van der Waals surface area contributed by atoms with Crippen molar-refractivity contribution in [3.05, 3.63) is 0 Å². The summed E-state index contributed by atoms with van der Waals surface area (Å²) in [5.41, 5.74) is 5.82. The molecule has 0 fully saturated rings. The molecular weight excluding hydrogens is 150 g/mol. The average Bonchev–Trinajstić information content (AvgIpc) is 1.98. The van der Waals surface area contributed by atoms with Crippen molar-refractivity contribution < 1.29 is 4.74 Å². The number of ether oxygens (including phenoxy) is 1. The molecule has 0 aliphatic heterocycles. The Morgan fingerprint density at radius 3 is 2.42 bits per heavy atom. The molecule has 1 atom stereocenters. The van der Waals surface area contributed by atoms with E-state index in [1.165, 1.54) is 6.42 Å². The van der Waals surface area contributed by atoms with E-state index >= 15 is 0 Å². The maximum absolute atomic E-state index is 5.82. The highest BCUT2D eigenvalue weighted by atomic mass is 16.5. The van der Waals surface area contributed by atoms with E-state index in [2.05, 4.69) is 20.8 Å². The van der Waals surface area contributed by atoms with Crippen LogP contribution in [0.5, 0.6) is 0 Å². The van der Waals surface area contributed by atoms with Gasteiger partial charge in [-0.15, -0.1) is 0 Å². The minimum Gasteiger partial charge on any atom is -0.381 e. The molecule has 0 bridgehead atoms. The molecule has 0 aromatic rings. The number of hydrogen-bond acceptors (Lipinski definition) is 2. The Kier molecular flexibility index (Phi) is 7.51. The Bertz CT molecular complexity index is 93.8. The summed E-state index contributed by atoms with van der Waals surface area (Å²) in [5, 5.41) is 0. The van der Waals surface area contributed by atoms with Gasteiger partial charge in [-0.05, 0) is 18.8 Å². The first-order valence-electron chi connectivity index (χ1n) is 5.00. The molecule has 0 saturated carbocycles. The minimum absolute atomic E-state index is 0.335. The maximum atomic E-state index is 5.82. The van der Waals surface area contributed by atoms with Gasteiger partial charge >= 0.3 is 0 Å². The lowest BCUT2D eigenvalue weighted by Crippen LogP contribution is -2.22. The quantitative estimate of drug-likeness (QED) is 0.599. The van der Waals surface area contributed by atoms with E-state index in [4.69, 9.17) is 10.5 Å². The van der Waals surface area contributed by atoms with Crippen LogP contribution in [-0.2, 0) is 4.74 Å². The SMILES string of the molecule is CCCC(N)CCOCC(C)C. The molecule has 0 aromatic carbocycles. The summed E-state index contributed by atoms with van der Waals surface area (Å²) >= 11 is 0. The largest absolute Gasteiger partial charge is 0.381 e. The number of hydrogen-bond donors (Lipinski definition) is 1. The third-order valence-corrected chi connectivity index (χ3v) is 1.74. The van der Waals surface area contributed by atoms with Crippen molar-refractivity contribution in [2.75, 3.05) is 13.2 Å². The van der Waals surface area contributed by atoms with Crippen LogP contribution in [0.2, 0.25) is 0 Å². The molecule has 0 amide bonds. The highest BCUT2D eigenvalue weighted by Crippen LogP contribution is 1.99. The molecule has 0 saturated heterocycles.